The van der Waals surface area contributed by atoms with Gasteiger partial charge >= 0.3 is 0 Å². The second kappa shape index (κ2) is 8.82. The number of hydrogen-bond acceptors (Lipinski definition) is 2. The molecule has 0 aliphatic carbocycles. The van der Waals surface area contributed by atoms with E-state index in [4.69, 9.17) is 35.4 Å². The Bertz CT molecular complexity index is 1320. The van der Waals surface area contributed by atoms with Crippen molar-refractivity contribution < 1.29 is 0 Å². The number of pyridine rings is 1. The topological polar surface area (TPSA) is 33.1 Å². The fraction of sp³-hybridized carbons (Fsp3) is 0.154. The SMILES string of the molecule is Cc1cc(C)cc(N2C(=S)N[C@@H](c3ccccn3)[C@@H]2c2cccn2-c2ccc(Cl)cc2Cl)c1. The minimum atomic E-state index is -0.143. The van der Waals surface area contributed by atoms with Crippen molar-refractivity contribution in [1.82, 2.24) is 14.9 Å². The molecule has 33 heavy (non-hydrogen) atoms. The Morgan fingerprint density at radius 2 is 1.73 bits per heavy atom. The summed E-state index contributed by atoms with van der Waals surface area (Å²) in [6.45, 7) is 4.20. The summed E-state index contributed by atoms with van der Waals surface area (Å²) in [4.78, 5) is 6.83. The third-order valence-corrected chi connectivity index (χ3v) is 6.69. The Morgan fingerprint density at radius 1 is 0.939 bits per heavy atom. The molecule has 4 nitrogen and oxygen atoms in total. The summed E-state index contributed by atoms with van der Waals surface area (Å²) in [7, 11) is 0. The van der Waals surface area contributed by atoms with E-state index in [1.807, 2.05) is 48.8 Å². The van der Waals surface area contributed by atoms with Crippen molar-refractivity contribution in [3.05, 3.63) is 112 Å². The Morgan fingerprint density at radius 3 is 2.42 bits per heavy atom. The van der Waals surface area contributed by atoms with Crippen molar-refractivity contribution in [1.29, 1.82) is 0 Å². The second-order valence-corrected chi connectivity index (χ2v) is 9.47. The highest BCUT2D eigenvalue weighted by Crippen LogP contribution is 2.43. The lowest BCUT2D eigenvalue weighted by Gasteiger charge is -2.29. The summed E-state index contributed by atoms with van der Waals surface area (Å²) >= 11 is 18.6. The fourth-order valence-electron chi connectivity index (χ4n) is 4.55. The average molecular weight is 493 g/mol. The van der Waals surface area contributed by atoms with Crippen LogP contribution in [-0.4, -0.2) is 14.7 Å². The molecule has 1 aliphatic rings. The first-order valence-corrected chi connectivity index (χ1v) is 11.8. The van der Waals surface area contributed by atoms with Crippen LogP contribution in [0.25, 0.3) is 5.69 Å². The van der Waals surface area contributed by atoms with E-state index >= 15 is 0 Å². The van der Waals surface area contributed by atoms with Crippen molar-refractivity contribution in [3.8, 4) is 5.69 Å². The molecule has 0 saturated carbocycles. The molecular weight excluding hydrogens is 471 g/mol. The van der Waals surface area contributed by atoms with Gasteiger partial charge in [0.05, 0.1) is 22.4 Å². The van der Waals surface area contributed by atoms with Crippen molar-refractivity contribution in [2.24, 2.45) is 0 Å². The van der Waals surface area contributed by atoms with Gasteiger partial charge in [0, 0.05) is 28.8 Å². The molecule has 2 aromatic heterocycles. The van der Waals surface area contributed by atoms with Crippen molar-refractivity contribution in [2.45, 2.75) is 25.9 Å². The molecule has 1 saturated heterocycles. The summed E-state index contributed by atoms with van der Waals surface area (Å²) in [6, 6.07) is 21.8. The average Bonchev–Trinajstić information content (AvgIpc) is 3.37. The summed E-state index contributed by atoms with van der Waals surface area (Å²) < 4.78 is 2.10. The Balaban J connectivity index is 1.70. The van der Waals surface area contributed by atoms with Gasteiger partial charge in [0.1, 0.15) is 6.04 Å². The molecule has 7 heteroatoms. The highest BCUT2D eigenvalue weighted by atomic mass is 35.5. The van der Waals surface area contributed by atoms with Crippen LogP contribution in [0.5, 0.6) is 0 Å². The van der Waals surface area contributed by atoms with Crippen molar-refractivity contribution >= 4 is 46.2 Å². The highest BCUT2D eigenvalue weighted by Gasteiger charge is 2.42. The van der Waals surface area contributed by atoms with Crippen LogP contribution in [0.2, 0.25) is 10.0 Å². The lowest BCUT2D eigenvalue weighted by molar-refractivity contribution is 0.549. The van der Waals surface area contributed by atoms with Crippen molar-refractivity contribution in [2.75, 3.05) is 4.90 Å². The molecule has 0 unspecified atom stereocenters. The van der Waals surface area contributed by atoms with E-state index in [1.54, 1.807) is 6.07 Å². The van der Waals surface area contributed by atoms with Gasteiger partial charge in [0.2, 0.25) is 0 Å². The molecule has 1 aliphatic heterocycles. The fourth-order valence-corrected chi connectivity index (χ4v) is 5.40. The number of aromatic nitrogens is 2. The number of rotatable bonds is 4. The number of nitrogens with zero attached hydrogens (tertiary/aromatic N) is 3. The quantitative estimate of drug-likeness (QED) is 0.311. The molecule has 3 heterocycles. The molecule has 0 radical (unpaired) electrons. The summed E-state index contributed by atoms with van der Waals surface area (Å²) in [5, 5.41) is 5.37. The van der Waals surface area contributed by atoms with E-state index in [9.17, 15) is 0 Å². The Kier molecular flexibility index (Phi) is 5.87. The number of thiocarbonyl (C=S) groups is 1. The van der Waals surface area contributed by atoms with Crippen LogP contribution >= 0.6 is 35.4 Å². The molecule has 1 N–H and O–H groups in total. The third kappa shape index (κ3) is 4.12. The largest absolute Gasteiger partial charge is 0.351 e. The lowest BCUT2D eigenvalue weighted by atomic mass is 10.00. The molecule has 5 rings (SSSR count). The lowest BCUT2D eigenvalue weighted by Crippen LogP contribution is -2.30. The smallest absolute Gasteiger partial charge is 0.174 e. The zero-order valence-corrected chi connectivity index (χ0v) is 20.5. The normalized spacial score (nSPS) is 17.9. The predicted molar refractivity (Wildman–Crippen MR) is 140 cm³/mol. The van der Waals surface area contributed by atoms with Crippen LogP contribution in [0.15, 0.2) is 79.1 Å². The molecule has 0 amide bonds. The van der Waals surface area contributed by atoms with Gasteiger partial charge in [0.15, 0.2) is 5.11 Å². The minimum Gasteiger partial charge on any atom is -0.351 e. The Hall–Kier alpha value is -2.86. The van der Waals surface area contributed by atoms with Gasteiger partial charge in [-0.15, -0.1) is 0 Å². The monoisotopic (exact) mass is 492 g/mol. The van der Waals surface area contributed by atoms with Gasteiger partial charge < -0.3 is 14.8 Å². The number of halogens is 2. The number of nitrogens with one attached hydrogen (secondary N) is 1. The number of benzene rings is 2. The van der Waals surface area contributed by atoms with Crippen LogP contribution in [-0.2, 0) is 0 Å². The maximum atomic E-state index is 6.60. The molecule has 2 aromatic carbocycles. The summed E-state index contributed by atoms with van der Waals surface area (Å²) in [5.74, 6) is 0. The van der Waals surface area contributed by atoms with E-state index < -0.39 is 0 Å². The first-order valence-electron chi connectivity index (χ1n) is 10.6. The first-order chi connectivity index (χ1) is 15.9. The van der Waals surface area contributed by atoms with Gasteiger partial charge in [-0.2, -0.15) is 0 Å². The molecule has 0 bridgehead atoms. The van der Waals surface area contributed by atoms with Crippen LogP contribution < -0.4 is 10.2 Å². The first kappa shape index (κ1) is 22.0. The Labute approximate surface area is 208 Å². The maximum absolute atomic E-state index is 6.60. The van der Waals surface area contributed by atoms with Gasteiger partial charge in [0.25, 0.3) is 0 Å². The summed E-state index contributed by atoms with van der Waals surface area (Å²) in [5.41, 5.74) is 6.24. The molecule has 1 fully saturated rings. The number of anilines is 1. The zero-order valence-electron chi connectivity index (χ0n) is 18.2. The van der Waals surface area contributed by atoms with Crippen LogP contribution in [0.3, 0.4) is 0 Å². The zero-order chi connectivity index (χ0) is 23.1. The van der Waals surface area contributed by atoms with E-state index in [0.717, 1.165) is 22.8 Å². The molecular formula is C26H22Cl2N4S. The van der Waals surface area contributed by atoms with Crippen LogP contribution in [0.1, 0.15) is 34.6 Å². The number of aryl methyl sites for hydroxylation is 2. The van der Waals surface area contributed by atoms with Crippen LogP contribution in [0, 0.1) is 13.8 Å². The molecule has 0 spiro atoms. The maximum Gasteiger partial charge on any atom is 0.174 e. The van der Waals surface area contributed by atoms with E-state index in [2.05, 4.69) is 57.9 Å². The van der Waals surface area contributed by atoms with E-state index in [-0.39, 0.29) is 12.1 Å². The number of hydrogen-bond donors (Lipinski definition) is 1. The van der Waals surface area contributed by atoms with E-state index in [1.165, 1.54) is 11.1 Å². The van der Waals surface area contributed by atoms with Gasteiger partial charge in [-0.05, 0) is 91.8 Å². The van der Waals surface area contributed by atoms with E-state index in [0.29, 0.717) is 15.2 Å². The third-order valence-electron chi connectivity index (χ3n) is 5.84. The molecule has 4 aromatic rings. The molecule has 166 valence electrons. The second-order valence-electron chi connectivity index (χ2n) is 8.24. The van der Waals surface area contributed by atoms with Gasteiger partial charge in [-0.3, -0.25) is 4.98 Å². The molecule has 2 atom stereocenters. The van der Waals surface area contributed by atoms with Gasteiger partial charge in [-0.25, -0.2) is 0 Å². The summed E-state index contributed by atoms with van der Waals surface area (Å²) in [6.07, 6.45) is 3.83. The van der Waals surface area contributed by atoms with Crippen LogP contribution in [0.4, 0.5) is 5.69 Å². The van der Waals surface area contributed by atoms with Crippen molar-refractivity contribution in [3.63, 3.8) is 0 Å². The minimum absolute atomic E-state index is 0.140. The van der Waals surface area contributed by atoms with Gasteiger partial charge in [-0.1, -0.05) is 35.3 Å². The highest BCUT2D eigenvalue weighted by molar-refractivity contribution is 7.80. The predicted octanol–water partition coefficient (Wildman–Crippen LogP) is 6.97. The standard InChI is InChI=1S/C26H22Cl2N4S/c1-16-12-17(2)14-19(13-16)32-25(24(30-26(32)33)21-6-3-4-10-29-21)23-7-5-11-31(23)22-9-8-18(27)15-20(22)28/h3-15,24-25H,1-2H3,(H,30,33)/t24-,25-/m0/s1.